The molecule has 0 bridgehead atoms. The van der Waals surface area contributed by atoms with E-state index in [0.717, 1.165) is 0 Å². The summed E-state index contributed by atoms with van der Waals surface area (Å²) in [5.41, 5.74) is -0.197. The minimum atomic E-state index is -0.647. The maximum absolute atomic E-state index is 12.1. The summed E-state index contributed by atoms with van der Waals surface area (Å²) in [6.45, 7) is 0.245. The van der Waals surface area contributed by atoms with Crippen molar-refractivity contribution in [2.75, 3.05) is 0 Å². The maximum atomic E-state index is 12.1. The smallest absolute Gasteiger partial charge is 0.349 e. The summed E-state index contributed by atoms with van der Waals surface area (Å²) in [6.07, 6.45) is 3.43. The van der Waals surface area contributed by atoms with E-state index in [1.807, 2.05) is 13.1 Å². The van der Waals surface area contributed by atoms with Crippen LogP contribution in [0.25, 0.3) is 11.0 Å². The van der Waals surface area contributed by atoms with Crippen molar-refractivity contribution in [3.63, 3.8) is 0 Å². The predicted octanol–water partition coefficient (Wildman–Crippen LogP) is 1.46. The fourth-order valence-corrected chi connectivity index (χ4v) is 2.04. The molecule has 1 amide bonds. The monoisotopic (exact) mass is 283 g/mol. The number of carbonyl (C=O) groups excluding carboxylic acids is 1. The van der Waals surface area contributed by atoms with Crippen LogP contribution in [-0.4, -0.2) is 15.5 Å². The Morgan fingerprint density at radius 1 is 1.38 bits per heavy atom. The maximum Gasteiger partial charge on any atom is 0.349 e. The van der Waals surface area contributed by atoms with Crippen LogP contribution in [0.5, 0.6) is 0 Å². The van der Waals surface area contributed by atoms with Crippen molar-refractivity contribution in [1.29, 1.82) is 0 Å². The lowest BCUT2D eigenvalue weighted by molar-refractivity contribution is 0.0946. The number of benzene rings is 1. The van der Waals surface area contributed by atoms with Gasteiger partial charge in [0.1, 0.15) is 17.0 Å². The quantitative estimate of drug-likeness (QED) is 0.738. The Kier molecular flexibility index (Phi) is 3.27. The van der Waals surface area contributed by atoms with Crippen molar-refractivity contribution in [2.45, 2.75) is 6.54 Å². The molecule has 0 radical (unpaired) electrons. The molecule has 21 heavy (non-hydrogen) atoms. The molecule has 0 fully saturated rings. The van der Waals surface area contributed by atoms with E-state index in [9.17, 15) is 9.59 Å². The summed E-state index contributed by atoms with van der Waals surface area (Å²) >= 11 is 0. The molecule has 2 aromatic heterocycles. The van der Waals surface area contributed by atoms with Gasteiger partial charge in [0.15, 0.2) is 0 Å². The zero-order valence-electron chi connectivity index (χ0n) is 11.4. The van der Waals surface area contributed by atoms with Crippen LogP contribution < -0.4 is 10.9 Å². The van der Waals surface area contributed by atoms with Crippen LogP contribution in [0.1, 0.15) is 16.2 Å². The minimum absolute atomic E-state index is 0.0112. The molecular formula is C15H13N3O3. The second kappa shape index (κ2) is 5.24. The molecular weight excluding hydrogens is 270 g/mol. The number of fused-ring (bicyclic) bond motifs is 1. The van der Waals surface area contributed by atoms with E-state index in [-0.39, 0.29) is 12.1 Å². The summed E-state index contributed by atoms with van der Waals surface area (Å²) in [7, 11) is 1.83. The molecule has 0 saturated carbocycles. The molecule has 0 aliphatic carbocycles. The summed E-state index contributed by atoms with van der Waals surface area (Å²) in [5, 5.41) is 3.37. The Morgan fingerprint density at radius 3 is 2.95 bits per heavy atom. The number of rotatable bonds is 3. The minimum Gasteiger partial charge on any atom is -0.422 e. The molecule has 0 aliphatic heterocycles. The van der Waals surface area contributed by atoms with E-state index >= 15 is 0 Å². The molecule has 6 heteroatoms. The van der Waals surface area contributed by atoms with E-state index in [0.29, 0.717) is 16.8 Å². The Hall–Kier alpha value is -2.89. The van der Waals surface area contributed by atoms with Crippen molar-refractivity contribution >= 4 is 16.9 Å². The highest BCUT2D eigenvalue weighted by atomic mass is 16.4. The number of nitrogens with zero attached hydrogens (tertiary/aromatic N) is 2. The molecule has 0 saturated heterocycles. The fraction of sp³-hybridized carbons (Fsp3) is 0.133. The van der Waals surface area contributed by atoms with Crippen molar-refractivity contribution in [3.05, 3.63) is 64.5 Å². The summed E-state index contributed by atoms with van der Waals surface area (Å²) in [5.74, 6) is 0.228. The van der Waals surface area contributed by atoms with Crippen molar-refractivity contribution in [2.24, 2.45) is 7.05 Å². The molecule has 0 atom stereocenters. The summed E-state index contributed by atoms with van der Waals surface area (Å²) in [6, 6.07) is 8.60. The SMILES string of the molecule is Cn1ccnc1CNC(=O)c1cc2ccccc2oc1=O. The molecule has 1 N–H and O–H groups in total. The van der Waals surface area contributed by atoms with Crippen LogP contribution in [0.15, 0.2) is 51.9 Å². The van der Waals surface area contributed by atoms with Crippen LogP contribution in [-0.2, 0) is 13.6 Å². The lowest BCUT2D eigenvalue weighted by Gasteiger charge is -2.05. The van der Waals surface area contributed by atoms with E-state index in [1.54, 1.807) is 35.2 Å². The first-order valence-electron chi connectivity index (χ1n) is 6.42. The Balaban J connectivity index is 1.86. The predicted molar refractivity (Wildman–Crippen MR) is 76.9 cm³/mol. The van der Waals surface area contributed by atoms with Crippen molar-refractivity contribution in [1.82, 2.24) is 14.9 Å². The van der Waals surface area contributed by atoms with Gasteiger partial charge in [-0.05, 0) is 12.1 Å². The molecule has 106 valence electrons. The average molecular weight is 283 g/mol. The number of imidazole rings is 1. The van der Waals surface area contributed by atoms with Gasteiger partial charge in [0.05, 0.1) is 6.54 Å². The largest absolute Gasteiger partial charge is 0.422 e. The first kappa shape index (κ1) is 13.1. The van der Waals surface area contributed by atoms with Gasteiger partial charge in [0.2, 0.25) is 0 Å². The topological polar surface area (TPSA) is 77.1 Å². The number of para-hydroxylation sites is 1. The summed E-state index contributed by atoms with van der Waals surface area (Å²) < 4.78 is 6.93. The molecule has 2 heterocycles. The fourth-order valence-electron chi connectivity index (χ4n) is 2.04. The second-order valence-corrected chi connectivity index (χ2v) is 4.62. The van der Waals surface area contributed by atoms with Gasteiger partial charge in [-0.15, -0.1) is 0 Å². The number of carbonyl (C=O) groups is 1. The van der Waals surface area contributed by atoms with Gasteiger partial charge in [0, 0.05) is 24.8 Å². The lowest BCUT2D eigenvalue weighted by atomic mass is 10.2. The summed E-state index contributed by atoms with van der Waals surface area (Å²) in [4.78, 5) is 28.1. The number of hydrogen-bond donors (Lipinski definition) is 1. The van der Waals surface area contributed by atoms with E-state index in [1.165, 1.54) is 6.07 Å². The molecule has 0 spiro atoms. The first-order chi connectivity index (χ1) is 10.1. The van der Waals surface area contributed by atoms with Crippen LogP contribution in [0.4, 0.5) is 0 Å². The van der Waals surface area contributed by atoms with Gasteiger partial charge < -0.3 is 14.3 Å². The highest BCUT2D eigenvalue weighted by Gasteiger charge is 2.13. The lowest BCUT2D eigenvalue weighted by Crippen LogP contribution is -2.28. The van der Waals surface area contributed by atoms with Crippen molar-refractivity contribution < 1.29 is 9.21 Å². The van der Waals surface area contributed by atoms with Crippen LogP contribution >= 0.6 is 0 Å². The first-order valence-corrected chi connectivity index (χ1v) is 6.42. The Bertz CT molecular complexity index is 864. The van der Waals surface area contributed by atoms with E-state index in [2.05, 4.69) is 10.3 Å². The van der Waals surface area contributed by atoms with Crippen LogP contribution in [0.2, 0.25) is 0 Å². The van der Waals surface area contributed by atoms with Gasteiger partial charge in [0.25, 0.3) is 5.91 Å². The molecule has 1 aromatic carbocycles. The average Bonchev–Trinajstić information content (AvgIpc) is 2.89. The number of hydrogen-bond acceptors (Lipinski definition) is 4. The molecule has 0 aliphatic rings. The molecule has 0 unspecified atom stereocenters. The van der Waals surface area contributed by atoms with Crippen LogP contribution in [0, 0.1) is 0 Å². The number of amides is 1. The normalized spacial score (nSPS) is 10.7. The third-order valence-corrected chi connectivity index (χ3v) is 3.21. The van der Waals surface area contributed by atoms with Gasteiger partial charge in [-0.25, -0.2) is 9.78 Å². The molecule has 3 aromatic rings. The van der Waals surface area contributed by atoms with Gasteiger partial charge in [-0.2, -0.15) is 0 Å². The highest BCUT2D eigenvalue weighted by molar-refractivity contribution is 5.96. The van der Waals surface area contributed by atoms with Gasteiger partial charge in [-0.3, -0.25) is 4.79 Å². The number of aryl methyl sites for hydroxylation is 1. The van der Waals surface area contributed by atoms with Gasteiger partial charge in [-0.1, -0.05) is 18.2 Å². The Morgan fingerprint density at radius 2 is 2.19 bits per heavy atom. The zero-order valence-corrected chi connectivity index (χ0v) is 11.4. The zero-order chi connectivity index (χ0) is 14.8. The standard InChI is InChI=1S/C15H13N3O3/c1-18-7-6-16-13(18)9-17-14(19)11-8-10-4-2-3-5-12(10)21-15(11)20/h2-8H,9H2,1H3,(H,17,19). The van der Waals surface area contributed by atoms with Crippen molar-refractivity contribution in [3.8, 4) is 0 Å². The Labute approximate surface area is 120 Å². The number of aromatic nitrogens is 2. The van der Waals surface area contributed by atoms with Crippen LogP contribution in [0.3, 0.4) is 0 Å². The third-order valence-electron chi connectivity index (χ3n) is 3.21. The number of nitrogens with one attached hydrogen (secondary N) is 1. The third kappa shape index (κ3) is 2.55. The highest BCUT2D eigenvalue weighted by Crippen LogP contribution is 2.12. The van der Waals surface area contributed by atoms with E-state index < -0.39 is 11.5 Å². The molecule has 6 nitrogen and oxygen atoms in total. The van der Waals surface area contributed by atoms with E-state index in [4.69, 9.17) is 4.42 Å². The molecule has 3 rings (SSSR count). The van der Waals surface area contributed by atoms with Gasteiger partial charge >= 0.3 is 5.63 Å². The second-order valence-electron chi connectivity index (χ2n) is 4.62.